The van der Waals surface area contributed by atoms with Gasteiger partial charge in [-0.2, -0.15) is 0 Å². The summed E-state index contributed by atoms with van der Waals surface area (Å²) in [6.45, 7) is 9.31. The van der Waals surface area contributed by atoms with Gasteiger partial charge in [-0.1, -0.05) is 6.08 Å². The largest absolute Gasteiger partial charge is 0.492 e. The minimum atomic E-state index is 0.477. The van der Waals surface area contributed by atoms with Gasteiger partial charge in [0, 0.05) is 31.7 Å². The molecule has 1 aliphatic rings. The number of anilines is 1. The predicted octanol–water partition coefficient (Wildman–Crippen LogP) is 2.88. The van der Waals surface area contributed by atoms with Gasteiger partial charge in [-0.3, -0.25) is 9.88 Å². The van der Waals surface area contributed by atoms with Crippen molar-refractivity contribution in [1.82, 2.24) is 25.2 Å². The van der Waals surface area contributed by atoms with Gasteiger partial charge in [0.15, 0.2) is 10.8 Å². The second-order valence-corrected chi connectivity index (χ2v) is 7.65. The summed E-state index contributed by atoms with van der Waals surface area (Å²) < 4.78 is 11.3. The Kier molecular flexibility index (Phi) is 7.55. The van der Waals surface area contributed by atoms with Crippen LogP contribution in [0.15, 0.2) is 55.3 Å². The topological polar surface area (TPSA) is 84.4 Å². The van der Waals surface area contributed by atoms with Gasteiger partial charge in [0.05, 0.1) is 25.1 Å². The third-order valence-corrected chi connectivity index (χ3v) is 5.23. The molecule has 2 N–H and O–H groups in total. The molecular weight excluding hydrogens is 424 g/mol. The molecule has 8 nitrogen and oxygen atoms in total. The van der Waals surface area contributed by atoms with E-state index in [1.807, 2.05) is 36.4 Å². The van der Waals surface area contributed by atoms with Crippen LogP contribution in [-0.2, 0) is 4.74 Å². The third-order valence-electron chi connectivity index (χ3n) is 4.99. The number of hydrogen-bond acceptors (Lipinski definition) is 7. The molecule has 1 aromatic carbocycles. The first kappa shape index (κ1) is 22.1. The highest BCUT2D eigenvalue weighted by Crippen LogP contribution is 2.22. The van der Waals surface area contributed by atoms with E-state index in [2.05, 4.69) is 37.1 Å². The molecule has 1 aliphatic heterocycles. The first-order valence-corrected chi connectivity index (χ1v) is 10.9. The molecule has 9 heteroatoms. The Labute approximate surface area is 192 Å². The van der Waals surface area contributed by atoms with E-state index in [-0.39, 0.29) is 0 Å². The van der Waals surface area contributed by atoms with Gasteiger partial charge in [0.2, 0.25) is 0 Å². The molecule has 0 spiro atoms. The number of nitrogens with one attached hydrogen (secondary N) is 2. The number of morpholine rings is 1. The lowest BCUT2D eigenvalue weighted by Gasteiger charge is -2.26. The van der Waals surface area contributed by atoms with Crippen molar-refractivity contribution < 1.29 is 9.47 Å². The normalized spacial score (nSPS) is 14.1. The highest BCUT2D eigenvalue weighted by atomic mass is 32.1. The zero-order valence-electron chi connectivity index (χ0n) is 17.8. The Morgan fingerprint density at radius 1 is 1.16 bits per heavy atom. The van der Waals surface area contributed by atoms with Crippen molar-refractivity contribution in [2.24, 2.45) is 0 Å². The molecule has 2 aromatic heterocycles. The molecule has 32 heavy (non-hydrogen) atoms. The summed E-state index contributed by atoms with van der Waals surface area (Å²) in [7, 11) is 0. The highest BCUT2D eigenvalue weighted by molar-refractivity contribution is 7.80. The SMILES string of the molecule is C=CCNC(=S)Nc1ccc2ncc(-c3ccc(OCCN4CCOCC4)cc3)nc2n1. The Morgan fingerprint density at radius 3 is 2.75 bits per heavy atom. The first-order chi connectivity index (χ1) is 15.7. The number of pyridine rings is 1. The molecule has 3 aromatic rings. The van der Waals surface area contributed by atoms with Crippen molar-refractivity contribution in [1.29, 1.82) is 0 Å². The van der Waals surface area contributed by atoms with Crippen LogP contribution in [0.3, 0.4) is 0 Å². The van der Waals surface area contributed by atoms with Gasteiger partial charge < -0.3 is 20.1 Å². The molecule has 4 rings (SSSR count). The number of fused-ring (bicyclic) bond motifs is 1. The van der Waals surface area contributed by atoms with Crippen LogP contribution < -0.4 is 15.4 Å². The van der Waals surface area contributed by atoms with Crippen LogP contribution in [0.25, 0.3) is 22.4 Å². The van der Waals surface area contributed by atoms with Crippen LogP contribution in [0.2, 0.25) is 0 Å². The summed E-state index contributed by atoms with van der Waals surface area (Å²) in [4.78, 5) is 16.0. The molecule has 0 aliphatic carbocycles. The van der Waals surface area contributed by atoms with Crippen LogP contribution in [-0.4, -0.2) is 71.0 Å². The monoisotopic (exact) mass is 450 g/mol. The zero-order chi connectivity index (χ0) is 22.2. The van der Waals surface area contributed by atoms with E-state index in [9.17, 15) is 0 Å². The second kappa shape index (κ2) is 10.9. The third kappa shape index (κ3) is 5.97. The van der Waals surface area contributed by atoms with Gasteiger partial charge in [0.25, 0.3) is 0 Å². The standard InChI is InChI=1S/C23H26N6O2S/c1-2-9-24-23(32)28-21-8-7-19-22(27-21)26-20(16-25-19)17-3-5-18(6-4-17)31-15-12-29-10-13-30-14-11-29/h2-8,16H,1,9-15H2,(H2,24,26,27,28,32). The van der Waals surface area contributed by atoms with Crippen molar-refractivity contribution in [3.63, 3.8) is 0 Å². The minimum absolute atomic E-state index is 0.477. The zero-order valence-corrected chi connectivity index (χ0v) is 18.6. The van der Waals surface area contributed by atoms with Gasteiger partial charge in [-0.25, -0.2) is 9.97 Å². The van der Waals surface area contributed by atoms with Crippen molar-refractivity contribution in [3.8, 4) is 17.0 Å². The number of benzene rings is 1. The summed E-state index contributed by atoms with van der Waals surface area (Å²) in [5, 5.41) is 6.53. The average molecular weight is 451 g/mol. The average Bonchev–Trinajstić information content (AvgIpc) is 2.83. The van der Waals surface area contributed by atoms with Crippen LogP contribution in [0.1, 0.15) is 0 Å². The van der Waals surface area contributed by atoms with E-state index in [0.29, 0.717) is 35.2 Å². The summed E-state index contributed by atoms with van der Waals surface area (Å²) >= 11 is 5.24. The van der Waals surface area contributed by atoms with E-state index in [4.69, 9.17) is 21.7 Å². The fourth-order valence-electron chi connectivity index (χ4n) is 3.27. The Balaban J connectivity index is 1.39. The van der Waals surface area contributed by atoms with Gasteiger partial charge >= 0.3 is 0 Å². The van der Waals surface area contributed by atoms with E-state index in [0.717, 1.165) is 49.9 Å². The van der Waals surface area contributed by atoms with Crippen molar-refractivity contribution in [3.05, 3.63) is 55.3 Å². The number of thiocarbonyl (C=S) groups is 1. The van der Waals surface area contributed by atoms with Crippen molar-refractivity contribution in [2.45, 2.75) is 0 Å². The molecule has 0 unspecified atom stereocenters. The maximum absolute atomic E-state index is 5.89. The molecule has 0 radical (unpaired) electrons. The first-order valence-electron chi connectivity index (χ1n) is 10.5. The maximum atomic E-state index is 5.89. The van der Waals surface area contributed by atoms with Crippen LogP contribution in [0.4, 0.5) is 5.82 Å². The van der Waals surface area contributed by atoms with Crippen LogP contribution in [0, 0.1) is 0 Å². The lowest BCUT2D eigenvalue weighted by atomic mass is 10.1. The number of rotatable bonds is 8. The number of ether oxygens (including phenoxy) is 2. The molecule has 3 heterocycles. The highest BCUT2D eigenvalue weighted by Gasteiger charge is 2.10. The molecule has 0 bridgehead atoms. The lowest BCUT2D eigenvalue weighted by molar-refractivity contribution is 0.0322. The molecule has 1 fully saturated rings. The molecule has 1 saturated heterocycles. The molecule has 0 saturated carbocycles. The molecule has 0 atom stereocenters. The second-order valence-electron chi connectivity index (χ2n) is 7.25. The van der Waals surface area contributed by atoms with Gasteiger partial charge in [-0.15, -0.1) is 6.58 Å². The van der Waals surface area contributed by atoms with E-state index >= 15 is 0 Å². The summed E-state index contributed by atoms with van der Waals surface area (Å²) in [6.07, 6.45) is 3.49. The fourth-order valence-corrected chi connectivity index (χ4v) is 3.46. The van der Waals surface area contributed by atoms with Crippen LogP contribution in [0.5, 0.6) is 5.75 Å². The van der Waals surface area contributed by atoms with Crippen molar-refractivity contribution in [2.75, 3.05) is 51.3 Å². The molecule has 166 valence electrons. The Hall–Kier alpha value is -3.14. The van der Waals surface area contributed by atoms with E-state index in [1.54, 1.807) is 12.3 Å². The summed E-state index contributed by atoms with van der Waals surface area (Å²) in [5.41, 5.74) is 2.95. The number of hydrogen-bond donors (Lipinski definition) is 2. The smallest absolute Gasteiger partial charge is 0.180 e. The minimum Gasteiger partial charge on any atom is -0.492 e. The lowest BCUT2D eigenvalue weighted by Crippen LogP contribution is -2.38. The van der Waals surface area contributed by atoms with Crippen LogP contribution >= 0.6 is 12.2 Å². The number of nitrogens with zero attached hydrogens (tertiary/aromatic N) is 4. The molecular formula is C23H26N6O2S. The van der Waals surface area contributed by atoms with E-state index in [1.165, 1.54) is 0 Å². The fraction of sp³-hybridized carbons (Fsp3) is 0.304. The summed E-state index contributed by atoms with van der Waals surface area (Å²) in [6, 6.07) is 11.6. The predicted molar refractivity (Wildman–Crippen MR) is 130 cm³/mol. The Bertz CT molecular complexity index is 1070. The quantitative estimate of drug-likeness (QED) is 0.397. The van der Waals surface area contributed by atoms with Gasteiger partial charge in [0.1, 0.15) is 23.7 Å². The van der Waals surface area contributed by atoms with E-state index < -0.39 is 0 Å². The Morgan fingerprint density at radius 2 is 1.97 bits per heavy atom. The van der Waals surface area contributed by atoms with Gasteiger partial charge in [-0.05, 0) is 48.6 Å². The number of aromatic nitrogens is 3. The van der Waals surface area contributed by atoms with Crippen molar-refractivity contribution >= 4 is 34.3 Å². The molecule has 0 amide bonds. The maximum Gasteiger partial charge on any atom is 0.180 e. The summed E-state index contributed by atoms with van der Waals surface area (Å²) in [5.74, 6) is 1.44.